The van der Waals surface area contributed by atoms with Crippen molar-refractivity contribution in [3.05, 3.63) is 35.4 Å². The van der Waals surface area contributed by atoms with Gasteiger partial charge in [-0.2, -0.15) is 0 Å². The average molecular weight is 232 g/mol. The van der Waals surface area contributed by atoms with E-state index in [0.29, 0.717) is 5.41 Å². The van der Waals surface area contributed by atoms with E-state index < -0.39 is 0 Å². The van der Waals surface area contributed by atoms with Crippen LogP contribution in [0.1, 0.15) is 63.0 Å². The van der Waals surface area contributed by atoms with Gasteiger partial charge in [0.05, 0.1) is 6.61 Å². The molecule has 94 valence electrons. The van der Waals surface area contributed by atoms with E-state index in [1.54, 1.807) is 0 Å². The summed E-state index contributed by atoms with van der Waals surface area (Å²) in [6.45, 7) is 2.44. The van der Waals surface area contributed by atoms with E-state index in [0.717, 1.165) is 5.56 Å². The Morgan fingerprint density at radius 2 is 1.71 bits per heavy atom. The Labute approximate surface area is 105 Å². The van der Waals surface area contributed by atoms with E-state index in [1.165, 1.54) is 50.5 Å². The second-order valence-corrected chi connectivity index (χ2v) is 5.45. The predicted octanol–water partition coefficient (Wildman–Crippen LogP) is 4.18. The molecule has 1 aliphatic rings. The van der Waals surface area contributed by atoms with E-state index in [2.05, 4.69) is 31.2 Å². The van der Waals surface area contributed by atoms with Gasteiger partial charge < -0.3 is 5.11 Å². The van der Waals surface area contributed by atoms with Crippen LogP contribution in [0.5, 0.6) is 0 Å². The lowest BCUT2D eigenvalue weighted by Gasteiger charge is -2.38. The summed E-state index contributed by atoms with van der Waals surface area (Å²) < 4.78 is 0. The molecule has 0 atom stereocenters. The molecule has 1 aliphatic carbocycles. The van der Waals surface area contributed by atoms with Crippen molar-refractivity contribution in [2.75, 3.05) is 0 Å². The van der Waals surface area contributed by atoms with Crippen molar-refractivity contribution in [2.24, 2.45) is 0 Å². The highest BCUT2D eigenvalue weighted by Crippen LogP contribution is 2.42. The fraction of sp³-hybridized carbons (Fsp3) is 0.625. The molecule has 2 rings (SSSR count). The molecule has 1 heteroatoms. The summed E-state index contributed by atoms with van der Waals surface area (Å²) in [4.78, 5) is 0. The molecule has 0 amide bonds. The van der Waals surface area contributed by atoms with Crippen LogP contribution >= 0.6 is 0 Å². The lowest BCUT2D eigenvalue weighted by Crippen LogP contribution is -2.28. The molecule has 1 aromatic rings. The minimum absolute atomic E-state index is 0.154. The number of hydrogen-bond donors (Lipinski definition) is 1. The highest BCUT2D eigenvalue weighted by Gasteiger charge is 2.32. The largest absolute Gasteiger partial charge is 0.392 e. The van der Waals surface area contributed by atoms with Crippen molar-refractivity contribution < 1.29 is 5.11 Å². The van der Waals surface area contributed by atoms with Crippen LogP contribution in [0.4, 0.5) is 0 Å². The van der Waals surface area contributed by atoms with Crippen LogP contribution in [0.2, 0.25) is 0 Å². The maximum absolute atomic E-state index is 9.11. The molecule has 0 bridgehead atoms. The topological polar surface area (TPSA) is 20.2 Å². The Hall–Kier alpha value is -0.820. The van der Waals surface area contributed by atoms with Gasteiger partial charge >= 0.3 is 0 Å². The van der Waals surface area contributed by atoms with Gasteiger partial charge in [0.2, 0.25) is 0 Å². The second-order valence-electron chi connectivity index (χ2n) is 5.45. The SMILES string of the molecule is CCCC1(c2ccc(CO)cc2)CCCCC1. The minimum atomic E-state index is 0.154. The zero-order chi connectivity index (χ0) is 12.1. The summed E-state index contributed by atoms with van der Waals surface area (Å²) in [6, 6.07) is 8.65. The first-order valence-corrected chi connectivity index (χ1v) is 7.01. The van der Waals surface area contributed by atoms with Crippen molar-refractivity contribution in [1.82, 2.24) is 0 Å². The van der Waals surface area contributed by atoms with Gasteiger partial charge in [0.1, 0.15) is 0 Å². The third kappa shape index (κ3) is 2.71. The molecular weight excluding hydrogens is 208 g/mol. The first-order valence-electron chi connectivity index (χ1n) is 7.01. The van der Waals surface area contributed by atoms with E-state index in [9.17, 15) is 0 Å². The average Bonchev–Trinajstić information content (AvgIpc) is 2.40. The van der Waals surface area contributed by atoms with Crippen molar-refractivity contribution in [2.45, 2.75) is 63.9 Å². The normalized spacial score (nSPS) is 19.2. The van der Waals surface area contributed by atoms with Crippen LogP contribution < -0.4 is 0 Å². The molecule has 1 aromatic carbocycles. The summed E-state index contributed by atoms with van der Waals surface area (Å²) in [7, 11) is 0. The molecule has 0 aliphatic heterocycles. The molecule has 0 spiro atoms. The highest BCUT2D eigenvalue weighted by atomic mass is 16.3. The molecule has 0 radical (unpaired) electrons. The lowest BCUT2D eigenvalue weighted by atomic mass is 9.67. The Morgan fingerprint density at radius 1 is 1.06 bits per heavy atom. The molecule has 0 aromatic heterocycles. The molecule has 1 fully saturated rings. The molecule has 17 heavy (non-hydrogen) atoms. The zero-order valence-corrected chi connectivity index (χ0v) is 10.9. The first-order chi connectivity index (χ1) is 8.30. The Balaban J connectivity index is 2.24. The Kier molecular flexibility index (Phi) is 4.22. The van der Waals surface area contributed by atoms with E-state index in [4.69, 9.17) is 5.11 Å². The maximum Gasteiger partial charge on any atom is 0.0681 e. The van der Waals surface area contributed by atoms with E-state index in [-0.39, 0.29) is 6.61 Å². The van der Waals surface area contributed by atoms with Gasteiger partial charge in [-0.15, -0.1) is 0 Å². The first kappa shape index (κ1) is 12.6. The van der Waals surface area contributed by atoms with Gasteiger partial charge in [0, 0.05) is 0 Å². The number of rotatable bonds is 4. The predicted molar refractivity (Wildman–Crippen MR) is 72.0 cm³/mol. The van der Waals surface area contributed by atoms with Gasteiger partial charge in [-0.25, -0.2) is 0 Å². The van der Waals surface area contributed by atoms with Crippen LogP contribution in [0, 0.1) is 0 Å². The van der Waals surface area contributed by atoms with Crippen LogP contribution in [0.3, 0.4) is 0 Å². The number of benzene rings is 1. The number of hydrogen-bond acceptors (Lipinski definition) is 1. The van der Waals surface area contributed by atoms with Crippen LogP contribution in [0.25, 0.3) is 0 Å². The zero-order valence-electron chi connectivity index (χ0n) is 10.9. The lowest BCUT2D eigenvalue weighted by molar-refractivity contribution is 0.270. The Bertz CT molecular complexity index is 328. The second kappa shape index (κ2) is 5.68. The summed E-state index contributed by atoms with van der Waals surface area (Å²) in [5.74, 6) is 0. The quantitative estimate of drug-likeness (QED) is 0.825. The molecule has 0 heterocycles. The third-order valence-corrected chi connectivity index (χ3v) is 4.29. The standard InChI is InChI=1S/C16H24O/c1-2-10-16(11-4-3-5-12-16)15-8-6-14(13-17)7-9-15/h6-9,17H,2-5,10-13H2,1H3. The number of aliphatic hydroxyl groups excluding tert-OH is 1. The molecule has 1 nitrogen and oxygen atoms in total. The van der Waals surface area contributed by atoms with Crippen molar-refractivity contribution in [3.63, 3.8) is 0 Å². The van der Waals surface area contributed by atoms with Gasteiger partial charge in [0.15, 0.2) is 0 Å². The van der Waals surface area contributed by atoms with Gasteiger partial charge in [-0.3, -0.25) is 0 Å². The molecule has 1 saturated carbocycles. The monoisotopic (exact) mass is 232 g/mol. The van der Waals surface area contributed by atoms with Gasteiger partial charge in [0.25, 0.3) is 0 Å². The highest BCUT2D eigenvalue weighted by molar-refractivity contribution is 5.29. The minimum Gasteiger partial charge on any atom is -0.392 e. The summed E-state index contributed by atoms with van der Waals surface area (Å²) >= 11 is 0. The molecule has 0 saturated heterocycles. The molecule has 1 N–H and O–H groups in total. The van der Waals surface area contributed by atoms with Crippen LogP contribution in [-0.4, -0.2) is 5.11 Å². The molecule has 0 unspecified atom stereocenters. The smallest absolute Gasteiger partial charge is 0.0681 e. The Morgan fingerprint density at radius 3 is 2.24 bits per heavy atom. The van der Waals surface area contributed by atoms with E-state index in [1.807, 2.05) is 0 Å². The van der Waals surface area contributed by atoms with E-state index >= 15 is 0 Å². The third-order valence-electron chi connectivity index (χ3n) is 4.29. The fourth-order valence-electron chi connectivity index (χ4n) is 3.35. The van der Waals surface area contributed by atoms with Crippen LogP contribution in [-0.2, 0) is 12.0 Å². The maximum atomic E-state index is 9.11. The molecular formula is C16H24O. The van der Waals surface area contributed by atoms with Gasteiger partial charge in [-0.05, 0) is 35.8 Å². The van der Waals surface area contributed by atoms with Crippen molar-refractivity contribution in [3.8, 4) is 0 Å². The van der Waals surface area contributed by atoms with Crippen molar-refractivity contribution in [1.29, 1.82) is 0 Å². The van der Waals surface area contributed by atoms with Crippen molar-refractivity contribution >= 4 is 0 Å². The fourth-order valence-corrected chi connectivity index (χ4v) is 3.35. The summed E-state index contributed by atoms with van der Waals surface area (Å²) in [5, 5.41) is 9.11. The summed E-state index contributed by atoms with van der Waals surface area (Å²) in [5.41, 5.74) is 2.95. The number of aliphatic hydroxyl groups is 1. The van der Waals surface area contributed by atoms with Crippen LogP contribution in [0.15, 0.2) is 24.3 Å². The van der Waals surface area contributed by atoms with Gasteiger partial charge in [-0.1, -0.05) is 56.9 Å². The summed E-state index contributed by atoms with van der Waals surface area (Å²) in [6.07, 6.45) is 9.43.